The Morgan fingerprint density at radius 1 is 1.40 bits per heavy atom. The summed E-state index contributed by atoms with van der Waals surface area (Å²) in [6, 6.07) is 0.686. The zero-order valence-corrected chi connectivity index (χ0v) is 11.1. The van der Waals surface area contributed by atoms with Crippen molar-refractivity contribution < 1.29 is 0 Å². The van der Waals surface area contributed by atoms with E-state index in [2.05, 4.69) is 39.6 Å². The Balaban J connectivity index is 2.77. The molecule has 1 heterocycles. The highest BCUT2D eigenvalue weighted by Crippen LogP contribution is 2.37. The van der Waals surface area contributed by atoms with Gasteiger partial charge in [0.2, 0.25) is 0 Å². The van der Waals surface area contributed by atoms with Gasteiger partial charge in [0.15, 0.2) is 0 Å². The highest BCUT2D eigenvalue weighted by atomic mass is 15.2. The quantitative estimate of drug-likeness (QED) is 0.779. The Morgan fingerprint density at radius 2 is 2.00 bits per heavy atom. The van der Waals surface area contributed by atoms with Crippen LogP contribution < -0.4 is 5.73 Å². The summed E-state index contributed by atoms with van der Waals surface area (Å²) in [5.74, 6) is 1.45. The first-order valence-corrected chi connectivity index (χ1v) is 6.38. The van der Waals surface area contributed by atoms with E-state index in [4.69, 9.17) is 5.73 Å². The van der Waals surface area contributed by atoms with Gasteiger partial charge in [0, 0.05) is 11.6 Å². The van der Waals surface area contributed by atoms with E-state index in [0.29, 0.717) is 17.5 Å². The van der Waals surface area contributed by atoms with Crippen molar-refractivity contribution in [3.8, 4) is 0 Å². The Labute approximate surface area is 95.2 Å². The topological polar surface area (TPSA) is 29.3 Å². The van der Waals surface area contributed by atoms with Crippen LogP contribution in [0.1, 0.15) is 47.0 Å². The van der Waals surface area contributed by atoms with Crippen molar-refractivity contribution in [2.75, 3.05) is 13.6 Å². The minimum Gasteiger partial charge on any atom is -0.330 e. The Bertz CT molecular complexity index is 197. The van der Waals surface area contributed by atoms with Crippen LogP contribution in [0.2, 0.25) is 0 Å². The number of nitrogens with zero attached hydrogens (tertiary/aromatic N) is 1. The molecule has 1 fully saturated rings. The summed E-state index contributed by atoms with van der Waals surface area (Å²) in [5.41, 5.74) is 6.20. The molecule has 2 N–H and O–H groups in total. The van der Waals surface area contributed by atoms with Crippen molar-refractivity contribution >= 4 is 0 Å². The molecule has 0 radical (unpaired) electrons. The molecule has 1 rings (SSSR count). The van der Waals surface area contributed by atoms with Crippen LogP contribution in [0.4, 0.5) is 0 Å². The maximum atomic E-state index is 5.87. The number of rotatable bonds is 3. The summed E-state index contributed by atoms with van der Waals surface area (Å²) in [6.45, 7) is 10.2. The first kappa shape index (κ1) is 13.0. The van der Waals surface area contributed by atoms with E-state index >= 15 is 0 Å². The number of hydrogen-bond acceptors (Lipinski definition) is 2. The second-order valence-corrected chi connectivity index (χ2v) is 5.71. The predicted octanol–water partition coefficient (Wildman–Crippen LogP) is 2.48. The van der Waals surface area contributed by atoms with Crippen LogP contribution in [0.25, 0.3) is 0 Å². The zero-order valence-electron chi connectivity index (χ0n) is 11.1. The molecule has 3 atom stereocenters. The molecule has 1 aliphatic rings. The summed E-state index contributed by atoms with van der Waals surface area (Å²) in [5, 5.41) is 0. The van der Waals surface area contributed by atoms with E-state index in [9.17, 15) is 0 Å². The number of nitrogens with two attached hydrogens (primary N) is 1. The summed E-state index contributed by atoms with van der Waals surface area (Å²) in [6.07, 6.45) is 3.87. The molecule has 0 aromatic rings. The van der Waals surface area contributed by atoms with Gasteiger partial charge in [0.05, 0.1) is 0 Å². The average molecular weight is 212 g/mol. The molecule has 1 aliphatic heterocycles. The smallest absolute Gasteiger partial charge is 0.0178 e. The van der Waals surface area contributed by atoms with Crippen LogP contribution in [-0.2, 0) is 0 Å². The van der Waals surface area contributed by atoms with Gasteiger partial charge in [-0.2, -0.15) is 0 Å². The molecule has 3 unspecified atom stereocenters. The lowest BCUT2D eigenvalue weighted by molar-refractivity contribution is -0.0165. The summed E-state index contributed by atoms with van der Waals surface area (Å²) in [4.78, 5) is 2.57. The number of hydrogen-bond donors (Lipinski definition) is 1. The van der Waals surface area contributed by atoms with Crippen molar-refractivity contribution in [2.45, 2.75) is 58.5 Å². The minimum atomic E-state index is 0.325. The van der Waals surface area contributed by atoms with Gasteiger partial charge in [-0.1, -0.05) is 20.3 Å². The van der Waals surface area contributed by atoms with Crippen LogP contribution in [0.5, 0.6) is 0 Å². The van der Waals surface area contributed by atoms with Gasteiger partial charge in [-0.3, -0.25) is 4.90 Å². The van der Waals surface area contributed by atoms with Gasteiger partial charge in [-0.25, -0.2) is 0 Å². The van der Waals surface area contributed by atoms with E-state index < -0.39 is 0 Å². The lowest BCUT2D eigenvalue weighted by Gasteiger charge is -2.51. The van der Waals surface area contributed by atoms with Crippen LogP contribution >= 0.6 is 0 Å². The Hall–Kier alpha value is -0.0800. The molecule has 0 saturated carbocycles. The van der Waals surface area contributed by atoms with Crippen molar-refractivity contribution in [1.29, 1.82) is 0 Å². The molecule has 2 nitrogen and oxygen atoms in total. The lowest BCUT2D eigenvalue weighted by atomic mass is 9.75. The number of piperidine rings is 1. The average Bonchev–Trinajstić information content (AvgIpc) is 2.20. The SMILES string of the molecule is CCC(CN)C1CCC(C)C(C)(C)N1C. The molecule has 0 spiro atoms. The number of likely N-dealkylation sites (tertiary alicyclic amines) is 1. The highest BCUT2D eigenvalue weighted by molar-refractivity contribution is 4.95. The maximum absolute atomic E-state index is 5.87. The largest absolute Gasteiger partial charge is 0.330 e. The first-order chi connectivity index (χ1) is 6.95. The van der Waals surface area contributed by atoms with E-state index in [1.165, 1.54) is 19.3 Å². The van der Waals surface area contributed by atoms with Crippen LogP contribution in [0.3, 0.4) is 0 Å². The van der Waals surface area contributed by atoms with E-state index in [-0.39, 0.29) is 0 Å². The molecule has 15 heavy (non-hydrogen) atoms. The molecule has 0 amide bonds. The lowest BCUT2D eigenvalue weighted by Crippen LogP contribution is -2.57. The third kappa shape index (κ3) is 2.36. The monoisotopic (exact) mass is 212 g/mol. The molecule has 0 aliphatic carbocycles. The summed E-state index contributed by atoms with van der Waals surface area (Å²) in [7, 11) is 2.28. The first-order valence-electron chi connectivity index (χ1n) is 6.38. The molecule has 1 saturated heterocycles. The standard InChI is InChI=1S/C13H28N2/c1-6-11(9-14)12-8-7-10(2)13(3,4)15(12)5/h10-12H,6-9,14H2,1-5H3. The van der Waals surface area contributed by atoms with Gasteiger partial charge in [-0.05, 0) is 52.1 Å². The van der Waals surface area contributed by atoms with Gasteiger partial charge >= 0.3 is 0 Å². The fourth-order valence-electron chi connectivity index (χ4n) is 2.89. The second-order valence-electron chi connectivity index (χ2n) is 5.71. The van der Waals surface area contributed by atoms with Crippen molar-refractivity contribution in [3.63, 3.8) is 0 Å². The summed E-state index contributed by atoms with van der Waals surface area (Å²) >= 11 is 0. The predicted molar refractivity (Wildman–Crippen MR) is 66.9 cm³/mol. The molecule has 90 valence electrons. The van der Waals surface area contributed by atoms with E-state index in [0.717, 1.165) is 12.5 Å². The van der Waals surface area contributed by atoms with Gasteiger partial charge in [0.1, 0.15) is 0 Å². The fraction of sp³-hybridized carbons (Fsp3) is 1.00. The highest BCUT2D eigenvalue weighted by Gasteiger charge is 2.40. The molecule has 2 heteroatoms. The third-order valence-corrected chi connectivity index (χ3v) is 4.88. The van der Waals surface area contributed by atoms with E-state index in [1.807, 2.05) is 0 Å². The molecular formula is C13H28N2. The molecule has 0 bridgehead atoms. The van der Waals surface area contributed by atoms with E-state index in [1.54, 1.807) is 0 Å². The van der Waals surface area contributed by atoms with Crippen molar-refractivity contribution in [2.24, 2.45) is 17.6 Å². The Morgan fingerprint density at radius 3 is 2.47 bits per heavy atom. The zero-order chi connectivity index (χ0) is 11.6. The minimum absolute atomic E-state index is 0.325. The second kappa shape index (κ2) is 4.84. The molecule has 0 aromatic heterocycles. The van der Waals surface area contributed by atoms with Crippen molar-refractivity contribution in [1.82, 2.24) is 4.90 Å². The van der Waals surface area contributed by atoms with Gasteiger partial charge in [-0.15, -0.1) is 0 Å². The van der Waals surface area contributed by atoms with Crippen LogP contribution in [0.15, 0.2) is 0 Å². The van der Waals surface area contributed by atoms with Crippen molar-refractivity contribution in [3.05, 3.63) is 0 Å². The third-order valence-electron chi connectivity index (χ3n) is 4.88. The molecular weight excluding hydrogens is 184 g/mol. The van der Waals surface area contributed by atoms with Gasteiger partial charge < -0.3 is 5.73 Å². The fourth-order valence-corrected chi connectivity index (χ4v) is 2.89. The van der Waals surface area contributed by atoms with Crippen LogP contribution in [-0.4, -0.2) is 30.1 Å². The summed E-state index contributed by atoms with van der Waals surface area (Å²) < 4.78 is 0. The molecule has 0 aromatic carbocycles. The van der Waals surface area contributed by atoms with Crippen LogP contribution in [0, 0.1) is 11.8 Å². The Kier molecular flexibility index (Phi) is 4.19. The van der Waals surface area contributed by atoms with Gasteiger partial charge in [0.25, 0.3) is 0 Å². The normalized spacial score (nSPS) is 34.0. The maximum Gasteiger partial charge on any atom is 0.0178 e.